The van der Waals surface area contributed by atoms with E-state index in [1.807, 2.05) is 20.8 Å². The van der Waals surface area contributed by atoms with Gasteiger partial charge in [-0.05, 0) is 45.7 Å². The van der Waals surface area contributed by atoms with E-state index in [0.717, 1.165) is 12.8 Å². The second kappa shape index (κ2) is 9.24. The number of carbonyl (C=O) groups is 3. The Morgan fingerprint density at radius 1 is 1.20 bits per heavy atom. The number of nitrogens with one attached hydrogen (secondary N) is 2. The Bertz CT molecular complexity index is 1270. The van der Waals surface area contributed by atoms with Gasteiger partial charge in [-0.2, -0.15) is 5.10 Å². The molecule has 0 unspecified atom stereocenters. The van der Waals surface area contributed by atoms with Crippen LogP contribution in [-0.2, 0) is 11.8 Å². The quantitative estimate of drug-likeness (QED) is 0.493. The van der Waals surface area contributed by atoms with Crippen molar-refractivity contribution >= 4 is 35.1 Å². The van der Waals surface area contributed by atoms with Gasteiger partial charge in [-0.25, -0.2) is 14.3 Å². The van der Waals surface area contributed by atoms with E-state index in [9.17, 15) is 14.4 Å². The molecule has 3 aromatic heterocycles. The van der Waals surface area contributed by atoms with Crippen LogP contribution >= 0.6 is 0 Å². The van der Waals surface area contributed by atoms with Gasteiger partial charge in [0, 0.05) is 32.4 Å². The summed E-state index contributed by atoms with van der Waals surface area (Å²) in [6, 6.07) is 3.47. The fourth-order valence-corrected chi connectivity index (χ4v) is 3.85. The number of primary amides is 1. The zero-order chi connectivity index (χ0) is 25.3. The largest absolute Gasteiger partial charge is 0.444 e. The molecule has 0 aliphatic carbocycles. The molecule has 186 valence electrons. The van der Waals surface area contributed by atoms with Crippen LogP contribution in [0, 0.1) is 0 Å². The predicted molar refractivity (Wildman–Crippen MR) is 127 cm³/mol. The average Bonchev–Trinajstić information content (AvgIpc) is 3.35. The summed E-state index contributed by atoms with van der Waals surface area (Å²) < 4.78 is 8.28. The minimum absolute atomic E-state index is 0.0319. The van der Waals surface area contributed by atoms with E-state index < -0.39 is 17.4 Å². The number of aromatic nitrogens is 5. The highest BCUT2D eigenvalue weighted by Gasteiger charge is 2.28. The third kappa shape index (κ3) is 5.50. The summed E-state index contributed by atoms with van der Waals surface area (Å²) in [5, 5.41) is 14.5. The first-order valence-electron chi connectivity index (χ1n) is 11.2. The lowest BCUT2D eigenvalue weighted by Crippen LogP contribution is -2.47. The second-order valence-corrected chi connectivity index (χ2v) is 9.43. The highest BCUT2D eigenvalue weighted by molar-refractivity contribution is 6.07. The van der Waals surface area contributed by atoms with Gasteiger partial charge in [0.1, 0.15) is 11.4 Å². The summed E-state index contributed by atoms with van der Waals surface area (Å²) in [5.74, 6) is -0.747. The fraction of sp³-hybridized carbons (Fsp3) is 0.455. The zero-order valence-corrected chi connectivity index (χ0v) is 20.1. The Morgan fingerprint density at radius 2 is 1.97 bits per heavy atom. The first kappa shape index (κ1) is 24.0. The molecule has 1 aliphatic rings. The number of hydrogen-bond donors (Lipinski definition) is 3. The first-order chi connectivity index (χ1) is 16.5. The molecule has 3 aromatic rings. The molecule has 4 rings (SSSR count). The van der Waals surface area contributed by atoms with Gasteiger partial charge >= 0.3 is 6.09 Å². The molecule has 0 radical (unpaired) electrons. The first-order valence-corrected chi connectivity index (χ1v) is 11.2. The number of hydrogen-bond acceptors (Lipinski definition) is 8. The van der Waals surface area contributed by atoms with E-state index in [1.54, 1.807) is 24.1 Å². The highest BCUT2D eigenvalue weighted by atomic mass is 16.6. The lowest BCUT2D eigenvalue weighted by atomic mass is 10.1. The topological polar surface area (TPSA) is 162 Å². The molecule has 0 saturated carbocycles. The van der Waals surface area contributed by atoms with Gasteiger partial charge in [-0.15, -0.1) is 5.10 Å². The van der Waals surface area contributed by atoms with E-state index in [-0.39, 0.29) is 29.2 Å². The summed E-state index contributed by atoms with van der Waals surface area (Å²) in [7, 11) is 1.62. The standard InChI is InChI=1S/C22H29N9O4/c1-22(2,3)35-21(34)30-9-5-6-13(11-30)25-16-7-8-17-24-10-15(31(17)27-16)20(33)26-14-12-29(4)28-18(14)19(23)32/h7-8,10,12-13H,5-6,9,11H2,1-4H3,(H2,23,32)(H,25,27)(H,26,33)/t13-/m1/s1. The number of ether oxygens (including phenoxy) is 1. The summed E-state index contributed by atoms with van der Waals surface area (Å²) in [5.41, 5.74) is 5.57. The van der Waals surface area contributed by atoms with Gasteiger partial charge in [0.15, 0.2) is 17.0 Å². The van der Waals surface area contributed by atoms with Gasteiger partial charge < -0.3 is 26.0 Å². The number of nitrogens with zero attached hydrogens (tertiary/aromatic N) is 6. The van der Waals surface area contributed by atoms with Crippen molar-refractivity contribution in [2.24, 2.45) is 12.8 Å². The second-order valence-electron chi connectivity index (χ2n) is 9.43. The number of aryl methyl sites for hydroxylation is 1. The Hall–Kier alpha value is -4.16. The van der Waals surface area contributed by atoms with Crippen LogP contribution in [0.4, 0.5) is 16.3 Å². The van der Waals surface area contributed by atoms with Crippen molar-refractivity contribution in [1.29, 1.82) is 0 Å². The molecule has 1 aliphatic heterocycles. The smallest absolute Gasteiger partial charge is 0.410 e. The van der Waals surface area contributed by atoms with Crippen molar-refractivity contribution in [2.75, 3.05) is 23.7 Å². The molecule has 0 aromatic carbocycles. The minimum Gasteiger partial charge on any atom is -0.444 e. The average molecular weight is 484 g/mol. The number of nitrogens with two attached hydrogens (primary N) is 1. The Morgan fingerprint density at radius 3 is 2.69 bits per heavy atom. The molecule has 1 fully saturated rings. The van der Waals surface area contributed by atoms with Crippen LogP contribution < -0.4 is 16.4 Å². The van der Waals surface area contributed by atoms with E-state index in [0.29, 0.717) is 24.6 Å². The van der Waals surface area contributed by atoms with Crippen LogP contribution in [0.3, 0.4) is 0 Å². The summed E-state index contributed by atoms with van der Waals surface area (Å²) in [4.78, 5) is 42.9. The van der Waals surface area contributed by atoms with Crippen molar-refractivity contribution in [3.63, 3.8) is 0 Å². The molecule has 1 saturated heterocycles. The van der Waals surface area contributed by atoms with Gasteiger partial charge in [0.2, 0.25) is 0 Å². The van der Waals surface area contributed by atoms with Gasteiger partial charge in [-0.3, -0.25) is 14.3 Å². The third-order valence-electron chi connectivity index (χ3n) is 5.33. The maximum Gasteiger partial charge on any atom is 0.410 e. The van der Waals surface area contributed by atoms with Gasteiger partial charge in [0.05, 0.1) is 11.9 Å². The SMILES string of the molecule is Cn1cc(NC(=O)c2cnc3ccc(N[C@@H]4CCCN(C(=O)OC(C)(C)C)C4)nn23)c(C(N)=O)n1. The van der Waals surface area contributed by atoms with Crippen molar-refractivity contribution in [3.8, 4) is 0 Å². The maximum absolute atomic E-state index is 12.9. The molecule has 13 nitrogen and oxygen atoms in total. The number of fused-ring (bicyclic) bond motifs is 1. The molecule has 4 N–H and O–H groups in total. The molecule has 4 heterocycles. The number of carbonyl (C=O) groups excluding carboxylic acids is 3. The number of piperidine rings is 1. The van der Waals surface area contributed by atoms with Gasteiger partial charge in [0.25, 0.3) is 11.8 Å². The third-order valence-corrected chi connectivity index (χ3v) is 5.33. The lowest BCUT2D eigenvalue weighted by molar-refractivity contribution is 0.0206. The van der Waals surface area contributed by atoms with Crippen molar-refractivity contribution in [1.82, 2.24) is 29.3 Å². The maximum atomic E-state index is 12.9. The van der Waals surface area contributed by atoms with Crippen molar-refractivity contribution in [3.05, 3.63) is 35.9 Å². The number of amides is 3. The van der Waals surface area contributed by atoms with E-state index in [4.69, 9.17) is 10.5 Å². The fourth-order valence-electron chi connectivity index (χ4n) is 3.85. The predicted octanol–water partition coefficient (Wildman–Crippen LogP) is 1.63. The molecular weight excluding hydrogens is 454 g/mol. The van der Waals surface area contributed by atoms with Crippen LogP contribution in [-0.4, -0.2) is 71.9 Å². The van der Waals surface area contributed by atoms with Crippen LogP contribution in [0.25, 0.3) is 5.65 Å². The van der Waals surface area contributed by atoms with Crippen LogP contribution in [0.15, 0.2) is 24.5 Å². The monoisotopic (exact) mass is 483 g/mol. The normalized spacial score (nSPS) is 16.2. The summed E-state index contributed by atoms with van der Waals surface area (Å²) in [6.07, 6.45) is 4.22. The number of imidazole rings is 1. The summed E-state index contributed by atoms with van der Waals surface area (Å²) in [6.45, 7) is 6.62. The van der Waals surface area contributed by atoms with Crippen molar-refractivity contribution < 1.29 is 19.1 Å². The Kier molecular flexibility index (Phi) is 6.33. The molecule has 1 atom stereocenters. The molecule has 3 amide bonds. The van der Waals surface area contributed by atoms with Crippen molar-refractivity contribution in [2.45, 2.75) is 45.3 Å². The number of rotatable bonds is 5. The minimum atomic E-state index is -0.753. The van der Waals surface area contributed by atoms with E-state index in [2.05, 4.69) is 25.8 Å². The van der Waals surface area contributed by atoms with E-state index in [1.165, 1.54) is 21.6 Å². The molecular formula is C22H29N9O4. The zero-order valence-electron chi connectivity index (χ0n) is 20.1. The number of likely N-dealkylation sites (tertiary alicyclic amines) is 1. The number of anilines is 2. The van der Waals surface area contributed by atoms with Crippen LogP contribution in [0.2, 0.25) is 0 Å². The van der Waals surface area contributed by atoms with Crippen LogP contribution in [0.5, 0.6) is 0 Å². The molecule has 35 heavy (non-hydrogen) atoms. The molecule has 0 spiro atoms. The highest BCUT2D eigenvalue weighted by Crippen LogP contribution is 2.19. The van der Waals surface area contributed by atoms with Gasteiger partial charge in [-0.1, -0.05) is 0 Å². The molecule has 13 heteroatoms. The lowest BCUT2D eigenvalue weighted by Gasteiger charge is -2.34. The Labute approximate surface area is 201 Å². The van der Waals surface area contributed by atoms with Crippen LogP contribution in [0.1, 0.15) is 54.6 Å². The Balaban J connectivity index is 1.49. The molecule has 0 bridgehead atoms. The van der Waals surface area contributed by atoms with E-state index >= 15 is 0 Å². The summed E-state index contributed by atoms with van der Waals surface area (Å²) >= 11 is 0.